The van der Waals surface area contributed by atoms with Crippen LogP contribution < -0.4 is 5.73 Å². The van der Waals surface area contributed by atoms with Crippen molar-refractivity contribution >= 4 is 11.5 Å². The molecule has 0 radical (unpaired) electrons. The molecular formula is C10H11NO2. The van der Waals surface area contributed by atoms with Gasteiger partial charge in [0.05, 0.1) is 5.69 Å². The van der Waals surface area contributed by atoms with E-state index in [0.29, 0.717) is 17.7 Å². The van der Waals surface area contributed by atoms with Crippen LogP contribution in [0.15, 0.2) is 12.1 Å². The fourth-order valence-electron chi connectivity index (χ4n) is 1.73. The smallest absolute Gasteiger partial charge is 0.163 e. The molecule has 1 aliphatic rings. The van der Waals surface area contributed by atoms with E-state index in [1.165, 1.54) is 0 Å². The molecule has 1 aromatic carbocycles. The highest BCUT2D eigenvalue weighted by Crippen LogP contribution is 2.33. The molecular weight excluding hydrogens is 166 g/mol. The minimum absolute atomic E-state index is 0.0885. The molecule has 1 aliphatic carbocycles. The number of carbonyl (C=O) groups excluding carboxylic acids is 1. The van der Waals surface area contributed by atoms with Crippen molar-refractivity contribution in [3.05, 3.63) is 23.3 Å². The molecule has 0 saturated carbocycles. The fourth-order valence-corrected chi connectivity index (χ4v) is 1.73. The maximum atomic E-state index is 11.4. The number of hydrogen-bond donors (Lipinski definition) is 2. The molecule has 0 spiro atoms. The van der Waals surface area contributed by atoms with Gasteiger partial charge in [0.1, 0.15) is 5.75 Å². The van der Waals surface area contributed by atoms with Crippen molar-refractivity contribution in [2.45, 2.75) is 19.3 Å². The monoisotopic (exact) mass is 177 g/mol. The Morgan fingerprint density at radius 1 is 1.31 bits per heavy atom. The number of rotatable bonds is 0. The molecule has 13 heavy (non-hydrogen) atoms. The summed E-state index contributed by atoms with van der Waals surface area (Å²) in [6.07, 6.45) is 2.14. The number of benzene rings is 1. The second-order valence-electron chi connectivity index (χ2n) is 3.31. The molecule has 0 aliphatic heterocycles. The highest BCUT2D eigenvalue weighted by atomic mass is 16.3. The maximum Gasteiger partial charge on any atom is 0.163 e. The van der Waals surface area contributed by atoms with Crippen LogP contribution in [0.25, 0.3) is 0 Å². The van der Waals surface area contributed by atoms with Crippen LogP contribution in [0.2, 0.25) is 0 Å². The fraction of sp³-hybridized carbons (Fsp3) is 0.300. The molecule has 0 unspecified atom stereocenters. The Labute approximate surface area is 76.2 Å². The van der Waals surface area contributed by atoms with Gasteiger partial charge in [0.2, 0.25) is 0 Å². The lowest BCUT2D eigenvalue weighted by Crippen LogP contribution is -2.11. The average molecular weight is 177 g/mol. The molecule has 3 nitrogen and oxygen atoms in total. The predicted molar refractivity (Wildman–Crippen MR) is 49.8 cm³/mol. The standard InChI is InChI=1S/C10H11NO2/c11-8-5-4-6-7(10(8)13)2-1-3-9(6)12/h4-5,13H,1-3,11H2. The van der Waals surface area contributed by atoms with Gasteiger partial charge in [-0.2, -0.15) is 0 Å². The number of anilines is 1. The van der Waals surface area contributed by atoms with Crippen LogP contribution in [0.1, 0.15) is 28.8 Å². The van der Waals surface area contributed by atoms with Crippen molar-refractivity contribution < 1.29 is 9.90 Å². The average Bonchev–Trinajstić information content (AvgIpc) is 2.12. The molecule has 3 heteroatoms. The van der Waals surface area contributed by atoms with Gasteiger partial charge in [0, 0.05) is 17.5 Å². The van der Waals surface area contributed by atoms with Gasteiger partial charge < -0.3 is 10.8 Å². The van der Waals surface area contributed by atoms with E-state index in [9.17, 15) is 9.90 Å². The minimum Gasteiger partial charge on any atom is -0.505 e. The molecule has 0 bridgehead atoms. The first kappa shape index (κ1) is 8.10. The van der Waals surface area contributed by atoms with E-state index < -0.39 is 0 Å². The van der Waals surface area contributed by atoms with E-state index in [-0.39, 0.29) is 11.5 Å². The normalized spacial score (nSPS) is 15.5. The number of fused-ring (bicyclic) bond motifs is 1. The van der Waals surface area contributed by atoms with E-state index >= 15 is 0 Å². The summed E-state index contributed by atoms with van der Waals surface area (Å²) < 4.78 is 0. The topological polar surface area (TPSA) is 63.3 Å². The van der Waals surface area contributed by atoms with Crippen LogP contribution in [0.5, 0.6) is 5.75 Å². The Kier molecular flexibility index (Phi) is 1.72. The zero-order valence-electron chi connectivity index (χ0n) is 7.21. The van der Waals surface area contributed by atoms with Gasteiger partial charge in [0.15, 0.2) is 5.78 Å². The highest BCUT2D eigenvalue weighted by Gasteiger charge is 2.20. The third kappa shape index (κ3) is 1.16. The van der Waals surface area contributed by atoms with Crippen molar-refractivity contribution in [2.75, 3.05) is 5.73 Å². The number of carbonyl (C=O) groups is 1. The quantitative estimate of drug-likeness (QED) is 0.466. The molecule has 0 aromatic heterocycles. The molecule has 68 valence electrons. The second-order valence-corrected chi connectivity index (χ2v) is 3.31. The lowest BCUT2D eigenvalue weighted by atomic mass is 9.89. The van der Waals surface area contributed by atoms with Gasteiger partial charge in [-0.15, -0.1) is 0 Å². The van der Waals surface area contributed by atoms with E-state index in [1.807, 2.05) is 0 Å². The van der Waals surface area contributed by atoms with Crippen molar-refractivity contribution in [2.24, 2.45) is 0 Å². The molecule has 3 N–H and O–H groups in total. The van der Waals surface area contributed by atoms with Crippen molar-refractivity contribution in [3.8, 4) is 5.75 Å². The second kappa shape index (κ2) is 2.76. The number of phenols is 1. The lowest BCUT2D eigenvalue weighted by molar-refractivity contribution is 0.0971. The van der Waals surface area contributed by atoms with Crippen LogP contribution in [0.3, 0.4) is 0 Å². The van der Waals surface area contributed by atoms with Crippen LogP contribution in [0, 0.1) is 0 Å². The van der Waals surface area contributed by atoms with Crippen LogP contribution in [-0.4, -0.2) is 10.9 Å². The third-order valence-corrected chi connectivity index (χ3v) is 2.44. The number of Topliss-reactive ketones (excluding diaryl/α,β-unsaturated/α-hetero) is 1. The van der Waals surface area contributed by atoms with E-state index in [4.69, 9.17) is 5.73 Å². The van der Waals surface area contributed by atoms with Crippen LogP contribution in [-0.2, 0) is 6.42 Å². The number of aromatic hydroxyl groups is 1. The molecule has 0 atom stereocenters. The molecule has 0 saturated heterocycles. The van der Waals surface area contributed by atoms with Gasteiger partial charge in [-0.3, -0.25) is 4.79 Å². The molecule has 2 rings (SSSR count). The summed E-state index contributed by atoms with van der Waals surface area (Å²) in [5.41, 5.74) is 7.24. The number of ketones is 1. The van der Waals surface area contributed by atoms with Crippen molar-refractivity contribution in [1.82, 2.24) is 0 Å². The van der Waals surface area contributed by atoms with E-state index in [1.54, 1.807) is 12.1 Å². The Balaban J connectivity index is 2.63. The van der Waals surface area contributed by atoms with Crippen molar-refractivity contribution in [3.63, 3.8) is 0 Å². The van der Waals surface area contributed by atoms with Crippen LogP contribution >= 0.6 is 0 Å². The number of nitrogen functional groups attached to an aromatic ring is 1. The number of nitrogens with two attached hydrogens (primary N) is 1. The summed E-state index contributed by atoms with van der Waals surface area (Å²) in [6, 6.07) is 3.28. The zero-order chi connectivity index (χ0) is 9.42. The Morgan fingerprint density at radius 3 is 2.85 bits per heavy atom. The minimum atomic E-state index is 0.0885. The number of hydrogen-bond acceptors (Lipinski definition) is 3. The first-order valence-electron chi connectivity index (χ1n) is 4.33. The third-order valence-electron chi connectivity index (χ3n) is 2.44. The van der Waals surface area contributed by atoms with Gasteiger partial charge in [-0.25, -0.2) is 0 Å². The van der Waals surface area contributed by atoms with Gasteiger partial charge in [-0.05, 0) is 25.0 Å². The van der Waals surface area contributed by atoms with E-state index in [0.717, 1.165) is 18.4 Å². The lowest BCUT2D eigenvalue weighted by Gasteiger charge is -2.16. The summed E-state index contributed by atoms with van der Waals surface area (Å²) in [5.74, 6) is 0.196. The Morgan fingerprint density at radius 2 is 2.08 bits per heavy atom. The first-order valence-corrected chi connectivity index (χ1v) is 4.33. The summed E-state index contributed by atoms with van der Waals surface area (Å²) in [4.78, 5) is 11.4. The Hall–Kier alpha value is -1.51. The molecule has 0 heterocycles. The first-order chi connectivity index (χ1) is 6.20. The van der Waals surface area contributed by atoms with Gasteiger partial charge in [-0.1, -0.05) is 0 Å². The van der Waals surface area contributed by atoms with Crippen LogP contribution in [0.4, 0.5) is 5.69 Å². The van der Waals surface area contributed by atoms with Gasteiger partial charge in [0.25, 0.3) is 0 Å². The summed E-state index contributed by atoms with van der Waals surface area (Å²) >= 11 is 0. The highest BCUT2D eigenvalue weighted by molar-refractivity contribution is 5.99. The van der Waals surface area contributed by atoms with E-state index in [2.05, 4.69) is 0 Å². The van der Waals surface area contributed by atoms with Gasteiger partial charge >= 0.3 is 0 Å². The molecule has 1 aromatic rings. The maximum absolute atomic E-state index is 11.4. The SMILES string of the molecule is Nc1ccc2c(c1O)CCCC2=O. The Bertz CT molecular complexity index is 371. The molecule has 0 amide bonds. The predicted octanol–water partition coefficient (Wildman–Crippen LogP) is 1.49. The van der Waals surface area contributed by atoms with Crippen molar-refractivity contribution in [1.29, 1.82) is 0 Å². The number of phenolic OH excluding ortho intramolecular Hbond substituents is 1. The largest absolute Gasteiger partial charge is 0.505 e. The summed E-state index contributed by atoms with van der Waals surface area (Å²) in [6.45, 7) is 0. The molecule has 0 fully saturated rings. The summed E-state index contributed by atoms with van der Waals surface area (Å²) in [7, 11) is 0. The zero-order valence-corrected chi connectivity index (χ0v) is 7.21. The summed E-state index contributed by atoms with van der Waals surface area (Å²) in [5, 5.41) is 9.58.